The smallest absolute Gasteiger partial charge is 0.251 e. The minimum atomic E-state index is -0.107. The van der Waals surface area contributed by atoms with Crippen LogP contribution in [0.3, 0.4) is 0 Å². The number of unbranched alkanes of at least 4 members (excludes halogenated alkanes) is 6. The van der Waals surface area contributed by atoms with Crippen molar-refractivity contribution in [3.63, 3.8) is 0 Å². The number of ether oxygens (including phenoxy) is 3. The zero-order valence-corrected chi connectivity index (χ0v) is 42.1. The van der Waals surface area contributed by atoms with Gasteiger partial charge in [-0.2, -0.15) is 15.1 Å². The number of anilines is 3. The minimum absolute atomic E-state index is 0.0158. The number of fused-ring (bicyclic) bond motifs is 2. The Morgan fingerprint density at radius 1 is 0.851 bits per heavy atom. The molecule has 74 heavy (non-hydrogen) atoms. The molecule has 17 nitrogen and oxygen atoms in total. The number of morpholine rings is 2. The molecule has 7 heterocycles. The highest BCUT2D eigenvalue weighted by molar-refractivity contribution is 5.98. The van der Waals surface area contributed by atoms with Crippen molar-refractivity contribution in [2.75, 3.05) is 74.7 Å². The van der Waals surface area contributed by atoms with Crippen molar-refractivity contribution in [2.24, 2.45) is 0 Å². The maximum Gasteiger partial charge on any atom is 0.251 e. The van der Waals surface area contributed by atoms with E-state index in [1.807, 2.05) is 112 Å². The molecule has 3 N–H and O–H groups in total. The second-order valence-corrected chi connectivity index (χ2v) is 19.2. The number of hydrogen-bond acceptors (Lipinski definition) is 14. The maximum absolute atomic E-state index is 13.4. The van der Waals surface area contributed by atoms with Crippen molar-refractivity contribution in [1.82, 2.24) is 44.9 Å². The third-order valence-electron chi connectivity index (χ3n) is 14.0. The van der Waals surface area contributed by atoms with Crippen molar-refractivity contribution in [1.29, 1.82) is 0 Å². The fraction of sp³-hybridized carbons (Fsp3) is 0.368. The van der Waals surface area contributed by atoms with E-state index in [1.165, 1.54) is 6.33 Å². The number of carbonyl (C=O) groups is 2. The van der Waals surface area contributed by atoms with Crippen LogP contribution < -0.4 is 25.6 Å². The SMILES string of the molecule is C=C1COCCN1c1nc(N2CCOC[C@H]2C)c2ccc(-c3cccc(C(=O)NCCCCCCCC/C=C/C(=O)N4CCC[C@@H](n5nc(-c6ccc(Oc7ccccc7)cc6)c6c(N)ncnc65)C4)c3)nc2n1. The Morgan fingerprint density at radius 3 is 2.50 bits per heavy atom. The molecule has 0 saturated carbocycles. The molecule has 3 aliphatic heterocycles. The highest BCUT2D eigenvalue weighted by atomic mass is 16.5. The molecule has 0 aliphatic carbocycles. The summed E-state index contributed by atoms with van der Waals surface area (Å²) in [5, 5.41) is 9.72. The Kier molecular flexibility index (Phi) is 15.8. The molecule has 17 heteroatoms. The summed E-state index contributed by atoms with van der Waals surface area (Å²) in [6.45, 7) is 11.7. The number of nitrogen functional groups attached to an aromatic ring is 1. The average molecular weight is 997 g/mol. The predicted molar refractivity (Wildman–Crippen MR) is 288 cm³/mol. The number of amides is 2. The largest absolute Gasteiger partial charge is 0.457 e. The topological polar surface area (TPSA) is 192 Å². The molecule has 7 aromatic rings. The molecule has 10 rings (SSSR count). The Balaban J connectivity index is 0.661. The average Bonchev–Trinajstić information content (AvgIpc) is 3.84. The molecule has 4 aromatic heterocycles. The van der Waals surface area contributed by atoms with Gasteiger partial charge in [-0.15, -0.1) is 0 Å². The number of likely N-dealkylation sites (tertiary alicyclic amines) is 1. The van der Waals surface area contributed by atoms with Crippen LogP contribution in [0.5, 0.6) is 11.5 Å². The summed E-state index contributed by atoms with van der Waals surface area (Å²) in [6, 6.07) is 29.1. The van der Waals surface area contributed by atoms with Gasteiger partial charge in [0.2, 0.25) is 11.9 Å². The van der Waals surface area contributed by atoms with Crippen LogP contribution in [-0.4, -0.2) is 117 Å². The Bertz CT molecular complexity index is 3130. The lowest BCUT2D eigenvalue weighted by Gasteiger charge is -2.36. The number of nitrogens with zero attached hydrogens (tertiary/aromatic N) is 10. The molecular formula is C57H64N12O5. The van der Waals surface area contributed by atoms with Gasteiger partial charge in [-0.25, -0.2) is 19.6 Å². The zero-order chi connectivity index (χ0) is 50.8. The van der Waals surface area contributed by atoms with Gasteiger partial charge in [-0.1, -0.05) is 68.7 Å². The van der Waals surface area contributed by atoms with E-state index < -0.39 is 0 Å². The summed E-state index contributed by atoms with van der Waals surface area (Å²) in [6.07, 6.45) is 14.0. The molecule has 0 radical (unpaired) electrons. The van der Waals surface area contributed by atoms with Gasteiger partial charge in [-0.05, 0) is 106 Å². The fourth-order valence-corrected chi connectivity index (χ4v) is 9.97. The first-order valence-electron chi connectivity index (χ1n) is 26.0. The van der Waals surface area contributed by atoms with Crippen molar-refractivity contribution in [2.45, 2.75) is 76.8 Å². The first-order chi connectivity index (χ1) is 36.3. The lowest BCUT2D eigenvalue weighted by molar-refractivity contribution is -0.127. The van der Waals surface area contributed by atoms with E-state index in [0.717, 1.165) is 104 Å². The molecule has 3 aliphatic rings. The van der Waals surface area contributed by atoms with Crippen LogP contribution in [0, 0.1) is 0 Å². The number of aromatic nitrogens is 7. The standard InChI is InChI=1S/C57H64N12O5/c1-39-36-72-32-30-67(39)54-47-26-27-48(62-53(47)63-57(64-54)68-31-33-73-37-40(68)2)42-16-14-17-43(34-42)56(71)59-28-13-8-6-4-3-5-7-12-21-49(70)66-29-15-18-44(35-66)69-55-50(52(58)60-38-61-55)51(65-69)41-22-24-46(25-23-41)74-45-19-10-9-11-20-45/h9-12,14,16-17,19-27,34,38-39,44H,2-8,13,15,18,28-33,35-37H2,1H3,(H,59,71)(H2,58,60,61)/b21-12+/t39-,44-/m1/s1. The van der Waals surface area contributed by atoms with Crippen LogP contribution in [0.1, 0.15) is 81.1 Å². The summed E-state index contributed by atoms with van der Waals surface area (Å²) < 4.78 is 19.3. The summed E-state index contributed by atoms with van der Waals surface area (Å²) >= 11 is 0. The Morgan fingerprint density at radius 2 is 1.66 bits per heavy atom. The first-order valence-corrected chi connectivity index (χ1v) is 26.0. The second-order valence-electron chi connectivity index (χ2n) is 19.2. The minimum Gasteiger partial charge on any atom is -0.457 e. The number of pyridine rings is 1. The molecule has 382 valence electrons. The number of nitrogens with two attached hydrogens (primary N) is 1. The number of para-hydroxylation sites is 1. The Labute approximate surface area is 431 Å². The van der Waals surface area contributed by atoms with E-state index in [4.69, 9.17) is 40.0 Å². The van der Waals surface area contributed by atoms with Crippen LogP contribution in [0.4, 0.5) is 17.6 Å². The molecule has 2 atom stereocenters. The van der Waals surface area contributed by atoms with Crippen molar-refractivity contribution >= 4 is 51.5 Å². The molecular weight excluding hydrogens is 933 g/mol. The monoisotopic (exact) mass is 997 g/mol. The third-order valence-corrected chi connectivity index (χ3v) is 14.0. The summed E-state index contributed by atoms with van der Waals surface area (Å²) in [7, 11) is 0. The first kappa shape index (κ1) is 49.8. The maximum atomic E-state index is 13.4. The number of nitrogens with one attached hydrogen (secondary N) is 1. The number of piperidine rings is 1. The van der Waals surface area contributed by atoms with Crippen molar-refractivity contribution in [3.05, 3.63) is 127 Å². The van der Waals surface area contributed by atoms with Gasteiger partial charge in [0.1, 0.15) is 35.2 Å². The van der Waals surface area contributed by atoms with Gasteiger partial charge in [-0.3, -0.25) is 9.59 Å². The lowest BCUT2D eigenvalue weighted by atomic mass is 10.1. The van der Waals surface area contributed by atoms with Gasteiger partial charge < -0.3 is 40.0 Å². The molecule has 3 aromatic carbocycles. The molecule has 0 bridgehead atoms. The number of benzene rings is 3. The molecule has 3 saturated heterocycles. The lowest BCUT2D eigenvalue weighted by Crippen LogP contribution is -2.44. The van der Waals surface area contributed by atoms with E-state index in [2.05, 4.69) is 33.7 Å². The summed E-state index contributed by atoms with van der Waals surface area (Å²) in [5.41, 5.74) is 12.2. The molecule has 0 spiro atoms. The highest BCUT2D eigenvalue weighted by Crippen LogP contribution is 2.36. The van der Waals surface area contributed by atoms with Gasteiger partial charge in [0.25, 0.3) is 5.91 Å². The van der Waals surface area contributed by atoms with Crippen LogP contribution >= 0.6 is 0 Å². The number of rotatable bonds is 18. The normalized spacial score (nSPS) is 17.4. The van der Waals surface area contributed by atoms with Gasteiger partial charge in [0.05, 0.1) is 55.0 Å². The summed E-state index contributed by atoms with van der Waals surface area (Å²) in [4.78, 5) is 56.9. The van der Waals surface area contributed by atoms with E-state index in [9.17, 15) is 9.59 Å². The van der Waals surface area contributed by atoms with Crippen molar-refractivity contribution in [3.8, 4) is 34.0 Å². The van der Waals surface area contributed by atoms with Crippen LogP contribution in [0.15, 0.2) is 122 Å². The molecule has 2 amide bonds. The Hall–Kier alpha value is -7.76. The molecule has 3 fully saturated rings. The zero-order valence-electron chi connectivity index (χ0n) is 42.1. The van der Waals surface area contributed by atoms with Gasteiger partial charge >= 0.3 is 0 Å². The number of hydrogen-bond donors (Lipinski definition) is 2. The predicted octanol–water partition coefficient (Wildman–Crippen LogP) is 9.33. The van der Waals surface area contributed by atoms with E-state index in [1.54, 1.807) is 6.08 Å². The van der Waals surface area contributed by atoms with Crippen LogP contribution in [0.25, 0.3) is 44.6 Å². The van der Waals surface area contributed by atoms with E-state index >= 15 is 0 Å². The summed E-state index contributed by atoms with van der Waals surface area (Å²) in [5.74, 6) is 3.12. The van der Waals surface area contributed by atoms with E-state index in [-0.39, 0.29) is 23.9 Å². The fourth-order valence-electron chi connectivity index (χ4n) is 9.97. The van der Waals surface area contributed by atoms with E-state index in [0.29, 0.717) is 98.1 Å². The number of allylic oxidation sites excluding steroid dienone is 1. The highest BCUT2D eigenvalue weighted by Gasteiger charge is 2.29. The molecule has 0 unspecified atom stereocenters. The van der Waals surface area contributed by atoms with Crippen LogP contribution in [0.2, 0.25) is 0 Å². The van der Waals surface area contributed by atoms with Gasteiger partial charge in [0.15, 0.2) is 11.3 Å². The quantitative estimate of drug-likeness (QED) is 0.0610. The van der Waals surface area contributed by atoms with Crippen LogP contribution in [-0.2, 0) is 14.3 Å². The van der Waals surface area contributed by atoms with Gasteiger partial charge in [0, 0.05) is 55.1 Å². The van der Waals surface area contributed by atoms with Crippen molar-refractivity contribution < 1.29 is 23.8 Å². The number of carbonyl (C=O) groups excluding carboxylic acids is 2. The second kappa shape index (κ2) is 23.4. The third kappa shape index (κ3) is 11.5.